The van der Waals surface area contributed by atoms with Gasteiger partial charge in [0.2, 0.25) is 0 Å². The largest absolute Gasteiger partial charge is 0.379 e. The molecule has 0 amide bonds. The molecule has 4 heteroatoms. The smallest absolute Gasteiger partial charge is 0.0662 e. The first-order chi connectivity index (χ1) is 8.66. The lowest BCUT2D eigenvalue weighted by Crippen LogP contribution is -2.63. The van der Waals surface area contributed by atoms with Gasteiger partial charge in [0.15, 0.2) is 0 Å². The van der Waals surface area contributed by atoms with Gasteiger partial charge in [0.25, 0.3) is 0 Å². The average molecular weight is 255 g/mol. The van der Waals surface area contributed by atoms with E-state index >= 15 is 0 Å². The molecule has 2 aliphatic rings. The van der Waals surface area contributed by atoms with Crippen molar-refractivity contribution in [1.29, 1.82) is 0 Å². The van der Waals surface area contributed by atoms with E-state index in [-0.39, 0.29) is 5.54 Å². The molecule has 2 heterocycles. The Balaban J connectivity index is 1.87. The molecule has 0 aromatic rings. The van der Waals surface area contributed by atoms with Gasteiger partial charge in [-0.15, -0.1) is 0 Å². The van der Waals surface area contributed by atoms with Crippen LogP contribution in [0.15, 0.2) is 0 Å². The lowest BCUT2D eigenvalue weighted by molar-refractivity contribution is -0.0618. The molecule has 0 radical (unpaired) electrons. The number of hydrogen-bond acceptors (Lipinski definition) is 4. The third-order valence-electron chi connectivity index (χ3n) is 4.35. The second-order valence-corrected chi connectivity index (χ2v) is 6.27. The number of nitrogens with zero attached hydrogens (tertiary/aromatic N) is 2. The molecule has 4 nitrogen and oxygen atoms in total. The highest BCUT2D eigenvalue weighted by atomic mass is 16.5. The number of ether oxygens (including phenoxy) is 1. The molecule has 0 aromatic carbocycles. The van der Waals surface area contributed by atoms with E-state index in [1.807, 2.05) is 0 Å². The van der Waals surface area contributed by atoms with Gasteiger partial charge in [-0.3, -0.25) is 4.90 Å². The van der Waals surface area contributed by atoms with Crippen molar-refractivity contribution in [1.82, 2.24) is 9.80 Å². The summed E-state index contributed by atoms with van der Waals surface area (Å²) in [7, 11) is 0. The van der Waals surface area contributed by atoms with Crippen LogP contribution in [-0.4, -0.2) is 67.8 Å². The number of piperazine rings is 1. The Morgan fingerprint density at radius 2 is 1.94 bits per heavy atom. The standard InChI is InChI=1S/C14H29N3O/c1-13(2)10-16-5-7-17(8-6-16)14(11-15)4-3-9-18-12-14/h13H,3-12,15H2,1-2H3. The van der Waals surface area contributed by atoms with E-state index in [0.29, 0.717) is 0 Å². The van der Waals surface area contributed by atoms with Crippen molar-refractivity contribution in [3.63, 3.8) is 0 Å². The van der Waals surface area contributed by atoms with Crippen LogP contribution in [0.3, 0.4) is 0 Å². The Kier molecular flexibility index (Phi) is 5.01. The third-order valence-corrected chi connectivity index (χ3v) is 4.35. The average Bonchev–Trinajstić information content (AvgIpc) is 2.39. The fourth-order valence-corrected chi connectivity index (χ4v) is 3.30. The van der Waals surface area contributed by atoms with Gasteiger partial charge in [-0.25, -0.2) is 0 Å². The molecule has 2 fully saturated rings. The summed E-state index contributed by atoms with van der Waals surface area (Å²) in [6.45, 7) is 12.9. The summed E-state index contributed by atoms with van der Waals surface area (Å²) in [6, 6.07) is 0. The molecule has 18 heavy (non-hydrogen) atoms. The zero-order valence-electron chi connectivity index (χ0n) is 12.0. The Labute approximate surface area is 111 Å². The summed E-state index contributed by atoms with van der Waals surface area (Å²) in [5.74, 6) is 0.762. The Bertz CT molecular complexity index is 243. The molecule has 1 atom stereocenters. The van der Waals surface area contributed by atoms with E-state index < -0.39 is 0 Å². The Morgan fingerprint density at radius 3 is 2.44 bits per heavy atom. The van der Waals surface area contributed by atoms with E-state index in [4.69, 9.17) is 10.5 Å². The molecule has 0 spiro atoms. The van der Waals surface area contributed by atoms with Crippen molar-refractivity contribution in [2.24, 2.45) is 11.7 Å². The van der Waals surface area contributed by atoms with Crippen LogP contribution in [0.2, 0.25) is 0 Å². The maximum absolute atomic E-state index is 6.05. The SMILES string of the molecule is CC(C)CN1CCN(C2(CN)CCCOC2)CC1. The minimum absolute atomic E-state index is 0.127. The van der Waals surface area contributed by atoms with E-state index in [2.05, 4.69) is 23.6 Å². The first-order valence-electron chi connectivity index (χ1n) is 7.41. The fraction of sp³-hybridized carbons (Fsp3) is 1.00. The lowest BCUT2D eigenvalue weighted by Gasteiger charge is -2.49. The van der Waals surface area contributed by atoms with Gasteiger partial charge in [-0.2, -0.15) is 0 Å². The minimum atomic E-state index is 0.127. The van der Waals surface area contributed by atoms with Crippen molar-refractivity contribution in [2.45, 2.75) is 32.2 Å². The molecule has 1 unspecified atom stereocenters. The van der Waals surface area contributed by atoms with Gasteiger partial charge >= 0.3 is 0 Å². The summed E-state index contributed by atoms with van der Waals surface area (Å²) in [4.78, 5) is 5.16. The minimum Gasteiger partial charge on any atom is -0.379 e. The number of nitrogens with two attached hydrogens (primary N) is 1. The summed E-state index contributed by atoms with van der Waals surface area (Å²) in [5, 5.41) is 0. The van der Waals surface area contributed by atoms with E-state index in [9.17, 15) is 0 Å². The van der Waals surface area contributed by atoms with Gasteiger partial charge in [0.05, 0.1) is 12.1 Å². The van der Waals surface area contributed by atoms with Crippen molar-refractivity contribution in [3.05, 3.63) is 0 Å². The maximum Gasteiger partial charge on any atom is 0.0662 e. The maximum atomic E-state index is 6.05. The first-order valence-corrected chi connectivity index (χ1v) is 7.41. The van der Waals surface area contributed by atoms with Gasteiger partial charge in [0, 0.05) is 45.9 Å². The van der Waals surface area contributed by atoms with Gasteiger partial charge in [-0.05, 0) is 18.8 Å². The summed E-state index contributed by atoms with van der Waals surface area (Å²) in [6.07, 6.45) is 2.36. The van der Waals surface area contributed by atoms with Crippen LogP contribution in [0.4, 0.5) is 0 Å². The van der Waals surface area contributed by atoms with E-state index in [1.54, 1.807) is 0 Å². The molecule has 106 valence electrons. The van der Waals surface area contributed by atoms with Crippen molar-refractivity contribution in [2.75, 3.05) is 52.5 Å². The third kappa shape index (κ3) is 3.23. The van der Waals surface area contributed by atoms with Crippen LogP contribution in [0.1, 0.15) is 26.7 Å². The molecular weight excluding hydrogens is 226 g/mol. The second kappa shape index (κ2) is 6.33. The van der Waals surface area contributed by atoms with E-state index in [1.165, 1.54) is 26.1 Å². The van der Waals surface area contributed by atoms with Gasteiger partial charge in [0.1, 0.15) is 0 Å². The predicted molar refractivity (Wildman–Crippen MR) is 74.7 cm³/mol. The molecule has 0 aliphatic carbocycles. The normalized spacial score (nSPS) is 32.0. The van der Waals surface area contributed by atoms with Crippen LogP contribution in [0, 0.1) is 5.92 Å². The van der Waals surface area contributed by atoms with Crippen molar-refractivity contribution in [3.8, 4) is 0 Å². The summed E-state index contributed by atoms with van der Waals surface area (Å²) >= 11 is 0. The predicted octanol–water partition coefficient (Wildman–Crippen LogP) is 0.768. The summed E-state index contributed by atoms with van der Waals surface area (Å²) < 4.78 is 5.69. The van der Waals surface area contributed by atoms with Crippen molar-refractivity contribution < 1.29 is 4.74 Å². The van der Waals surface area contributed by atoms with Crippen molar-refractivity contribution >= 4 is 0 Å². The topological polar surface area (TPSA) is 41.7 Å². The molecule has 2 rings (SSSR count). The van der Waals surface area contributed by atoms with E-state index in [0.717, 1.165) is 45.2 Å². The molecular formula is C14H29N3O. The quantitative estimate of drug-likeness (QED) is 0.805. The Hall–Kier alpha value is -0.160. The molecule has 2 N–H and O–H groups in total. The second-order valence-electron chi connectivity index (χ2n) is 6.27. The molecule has 0 saturated carbocycles. The molecule has 0 bridgehead atoms. The first kappa shape index (κ1) is 14.3. The van der Waals surface area contributed by atoms with Crippen LogP contribution < -0.4 is 5.73 Å². The molecule has 2 aliphatic heterocycles. The van der Waals surface area contributed by atoms with Crippen LogP contribution in [0.5, 0.6) is 0 Å². The number of hydrogen-bond donors (Lipinski definition) is 1. The fourth-order valence-electron chi connectivity index (χ4n) is 3.30. The zero-order chi connectivity index (χ0) is 13.0. The van der Waals surface area contributed by atoms with Gasteiger partial charge in [-0.1, -0.05) is 13.8 Å². The van der Waals surface area contributed by atoms with Crippen LogP contribution >= 0.6 is 0 Å². The lowest BCUT2D eigenvalue weighted by atomic mass is 9.89. The monoisotopic (exact) mass is 255 g/mol. The zero-order valence-corrected chi connectivity index (χ0v) is 12.0. The molecule has 2 saturated heterocycles. The highest BCUT2D eigenvalue weighted by Gasteiger charge is 2.38. The highest BCUT2D eigenvalue weighted by molar-refractivity contribution is 4.95. The summed E-state index contributed by atoms with van der Waals surface area (Å²) in [5.41, 5.74) is 6.18. The van der Waals surface area contributed by atoms with Crippen LogP contribution in [0.25, 0.3) is 0 Å². The van der Waals surface area contributed by atoms with Crippen LogP contribution in [-0.2, 0) is 4.74 Å². The number of rotatable bonds is 4. The highest BCUT2D eigenvalue weighted by Crippen LogP contribution is 2.26. The van der Waals surface area contributed by atoms with Gasteiger partial charge < -0.3 is 15.4 Å². The Morgan fingerprint density at radius 1 is 1.22 bits per heavy atom. The molecule has 0 aromatic heterocycles.